The lowest BCUT2D eigenvalue weighted by Gasteiger charge is -2.30. The molecule has 3 aliphatic carbocycles. The van der Waals surface area contributed by atoms with Crippen LogP contribution in [-0.2, 0) is 5.41 Å². The zero-order chi connectivity index (χ0) is 37.2. The fourth-order valence-corrected chi connectivity index (χ4v) is 9.66. The van der Waals surface area contributed by atoms with Crippen molar-refractivity contribution in [3.8, 4) is 56.2 Å². The van der Waals surface area contributed by atoms with E-state index in [4.69, 9.17) is 9.97 Å². The van der Waals surface area contributed by atoms with Gasteiger partial charge in [-0.15, -0.1) is 0 Å². The molecule has 264 valence electrons. The second-order valence-corrected chi connectivity index (χ2v) is 15.3. The summed E-state index contributed by atoms with van der Waals surface area (Å²) < 4.78 is 0. The topological polar surface area (TPSA) is 25.8 Å². The molecule has 8 aromatic rings. The third kappa shape index (κ3) is 4.96. The van der Waals surface area contributed by atoms with Gasteiger partial charge in [-0.1, -0.05) is 189 Å². The van der Waals surface area contributed by atoms with Gasteiger partial charge in [0.2, 0.25) is 0 Å². The lowest BCUT2D eigenvalue weighted by Crippen LogP contribution is -2.25. The first-order chi connectivity index (χ1) is 27.7. The summed E-state index contributed by atoms with van der Waals surface area (Å²) in [5.74, 6) is 1.14. The van der Waals surface area contributed by atoms with Crippen molar-refractivity contribution in [2.75, 3.05) is 0 Å². The van der Waals surface area contributed by atoms with E-state index in [0.717, 1.165) is 40.3 Å². The number of hydrogen-bond donors (Lipinski definition) is 0. The standard InChI is InChI=1S/C54H38N2/c1-35-32-40(36-14-4-2-5-15-36)28-30-42(35)37-24-26-38(27-25-37)51-34-52(56-53(55-51)39-16-6-3-7-17-39)41-29-31-46-45-20-10-13-23-49(45)54(50(46)33-41)47-21-11-8-18-43(47)44-19-9-12-22-48(44)54/h2-31,33-35H,32H2,1H3. The molecule has 0 saturated heterocycles. The average Bonchev–Trinajstić information content (AvgIpc) is 3.74. The summed E-state index contributed by atoms with van der Waals surface area (Å²) in [6.45, 7) is 2.33. The van der Waals surface area contributed by atoms with E-state index in [1.54, 1.807) is 0 Å². The molecule has 1 unspecified atom stereocenters. The molecule has 56 heavy (non-hydrogen) atoms. The van der Waals surface area contributed by atoms with Crippen molar-refractivity contribution < 1.29 is 0 Å². The van der Waals surface area contributed by atoms with Crippen molar-refractivity contribution in [2.24, 2.45) is 5.92 Å². The first-order valence-corrected chi connectivity index (χ1v) is 19.6. The molecular formula is C54H38N2. The van der Waals surface area contributed by atoms with E-state index < -0.39 is 5.41 Å². The van der Waals surface area contributed by atoms with Crippen LogP contribution in [0.4, 0.5) is 0 Å². The Morgan fingerprint density at radius 2 is 0.893 bits per heavy atom. The van der Waals surface area contributed by atoms with Crippen molar-refractivity contribution in [1.29, 1.82) is 0 Å². The van der Waals surface area contributed by atoms with Crippen molar-refractivity contribution in [1.82, 2.24) is 9.97 Å². The predicted octanol–water partition coefficient (Wildman–Crippen LogP) is 13.3. The summed E-state index contributed by atoms with van der Waals surface area (Å²) in [7, 11) is 0. The Balaban J connectivity index is 1.04. The second-order valence-electron chi connectivity index (χ2n) is 15.3. The van der Waals surface area contributed by atoms with Crippen LogP contribution in [0, 0.1) is 5.92 Å². The smallest absolute Gasteiger partial charge is 0.160 e. The van der Waals surface area contributed by atoms with Crippen LogP contribution in [0.2, 0.25) is 0 Å². The maximum atomic E-state index is 5.28. The van der Waals surface area contributed by atoms with E-state index in [1.165, 1.54) is 66.8 Å². The van der Waals surface area contributed by atoms with Crippen molar-refractivity contribution >= 4 is 11.1 Å². The van der Waals surface area contributed by atoms with E-state index in [-0.39, 0.29) is 0 Å². The molecule has 0 saturated carbocycles. The Hall–Kier alpha value is -6.90. The number of aromatic nitrogens is 2. The van der Waals surface area contributed by atoms with E-state index in [1.807, 2.05) is 6.07 Å². The third-order valence-electron chi connectivity index (χ3n) is 12.2. The summed E-state index contributed by atoms with van der Waals surface area (Å²) >= 11 is 0. The molecule has 0 aliphatic heterocycles. The van der Waals surface area contributed by atoms with Crippen LogP contribution in [0.25, 0.3) is 67.3 Å². The minimum Gasteiger partial charge on any atom is -0.228 e. The van der Waals surface area contributed by atoms with Gasteiger partial charge in [0.05, 0.1) is 16.8 Å². The molecule has 1 heterocycles. The van der Waals surface area contributed by atoms with Crippen LogP contribution >= 0.6 is 0 Å². The van der Waals surface area contributed by atoms with Crippen LogP contribution in [0.15, 0.2) is 194 Å². The molecule has 0 radical (unpaired) electrons. The molecule has 0 fully saturated rings. The van der Waals surface area contributed by atoms with E-state index in [2.05, 4.69) is 195 Å². The summed E-state index contributed by atoms with van der Waals surface area (Å²) in [5, 5.41) is 0. The Morgan fingerprint density at radius 1 is 0.411 bits per heavy atom. The second kappa shape index (κ2) is 12.9. The fourth-order valence-electron chi connectivity index (χ4n) is 9.66. The van der Waals surface area contributed by atoms with Gasteiger partial charge < -0.3 is 0 Å². The maximum Gasteiger partial charge on any atom is 0.160 e. The predicted molar refractivity (Wildman–Crippen MR) is 231 cm³/mol. The molecule has 0 bridgehead atoms. The first-order valence-electron chi connectivity index (χ1n) is 19.6. The molecule has 1 atom stereocenters. The van der Waals surface area contributed by atoms with E-state index in [9.17, 15) is 0 Å². The van der Waals surface area contributed by atoms with Crippen LogP contribution in [0.3, 0.4) is 0 Å². The molecule has 11 rings (SSSR count). The van der Waals surface area contributed by atoms with Gasteiger partial charge in [0, 0.05) is 16.7 Å². The van der Waals surface area contributed by atoms with Crippen LogP contribution < -0.4 is 0 Å². The SMILES string of the molecule is CC1CC(c2ccccc2)=CC=C1c1ccc(-c2cc(-c3ccc4c(c3)C3(c5ccccc5-c5ccccc53)c3ccccc3-4)nc(-c3ccccc3)n2)cc1. The van der Waals surface area contributed by atoms with Gasteiger partial charge in [0.25, 0.3) is 0 Å². The maximum absolute atomic E-state index is 5.28. The Bertz CT molecular complexity index is 2820. The molecule has 0 amide bonds. The van der Waals surface area contributed by atoms with E-state index >= 15 is 0 Å². The highest BCUT2D eigenvalue weighted by molar-refractivity contribution is 5.96. The largest absolute Gasteiger partial charge is 0.228 e. The van der Waals surface area contributed by atoms with Gasteiger partial charge in [-0.3, -0.25) is 0 Å². The molecular weight excluding hydrogens is 677 g/mol. The van der Waals surface area contributed by atoms with E-state index in [0.29, 0.717) is 5.92 Å². The summed E-state index contributed by atoms with van der Waals surface area (Å²) in [4.78, 5) is 10.5. The van der Waals surface area contributed by atoms with Gasteiger partial charge >= 0.3 is 0 Å². The normalized spacial score (nSPS) is 15.7. The number of benzene rings is 7. The van der Waals surface area contributed by atoms with Gasteiger partial charge in [-0.25, -0.2) is 9.97 Å². The number of nitrogens with zero attached hydrogens (tertiary/aromatic N) is 2. The van der Waals surface area contributed by atoms with Gasteiger partial charge in [-0.05, 0) is 91.3 Å². The van der Waals surface area contributed by atoms with Crippen LogP contribution in [0.5, 0.6) is 0 Å². The summed E-state index contributed by atoms with van der Waals surface area (Å²) in [6, 6.07) is 66.1. The van der Waals surface area contributed by atoms with Crippen LogP contribution in [0.1, 0.15) is 46.7 Å². The molecule has 0 N–H and O–H groups in total. The molecule has 3 aliphatic rings. The zero-order valence-corrected chi connectivity index (χ0v) is 31.2. The zero-order valence-electron chi connectivity index (χ0n) is 31.2. The highest BCUT2D eigenvalue weighted by Gasteiger charge is 2.51. The summed E-state index contributed by atoms with van der Waals surface area (Å²) in [6.07, 6.45) is 5.63. The van der Waals surface area contributed by atoms with Gasteiger partial charge in [0.15, 0.2) is 5.82 Å². The van der Waals surface area contributed by atoms with Gasteiger partial charge in [-0.2, -0.15) is 0 Å². The lowest BCUT2D eigenvalue weighted by atomic mass is 9.70. The van der Waals surface area contributed by atoms with Crippen molar-refractivity contribution in [3.05, 3.63) is 228 Å². The summed E-state index contributed by atoms with van der Waals surface area (Å²) in [5.41, 5.74) is 20.4. The molecule has 7 aromatic carbocycles. The number of rotatable bonds is 5. The first kappa shape index (κ1) is 32.5. The average molecular weight is 715 g/mol. The monoisotopic (exact) mass is 714 g/mol. The quantitative estimate of drug-likeness (QED) is 0.177. The highest BCUT2D eigenvalue weighted by atomic mass is 14.9. The lowest BCUT2D eigenvalue weighted by molar-refractivity contribution is 0.771. The van der Waals surface area contributed by atoms with Crippen molar-refractivity contribution in [2.45, 2.75) is 18.8 Å². The molecule has 1 spiro atoms. The van der Waals surface area contributed by atoms with Gasteiger partial charge in [0.1, 0.15) is 0 Å². The Labute approximate surface area is 328 Å². The van der Waals surface area contributed by atoms with Crippen LogP contribution in [-0.4, -0.2) is 9.97 Å². The third-order valence-corrected chi connectivity index (χ3v) is 12.2. The Morgan fingerprint density at radius 3 is 1.48 bits per heavy atom. The molecule has 2 heteroatoms. The number of allylic oxidation sites excluding steroid dienone is 4. The minimum absolute atomic E-state index is 0.412. The highest BCUT2D eigenvalue weighted by Crippen LogP contribution is 2.63. The Kier molecular flexibility index (Phi) is 7.47. The minimum atomic E-state index is -0.412. The fraction of sp³-hybridized carbons (Fsp3) is 0.0741. The number of hydrogen-bond acceptors (Lipinski definition) is 2. The molecule has 1 aromatic heterocycles. The molecule has 2 nitrogen and oxygen atoms in total. The number of fused-ring (bicyclic) bond motifs is 10. The van der Waals surface area contributed by atoms with Crippen molar-refractivity contribution in [3.63, 3.8) is 0 Å².